The molecule has 0 bridgehead atoms. The van der Waals surface area contributed by atoms with E-state index < -0.39 is 0 Å². The van der Waals surface area contributed by atoms with Crippen LogP contribution in [-0.2, 0) is 6.54 Å². The van der Waals surface area contributed by atoms with Gasteiger partial charge in [-0.25, -0.2) is 0 Å². The molecule has 2 fully saturated rings. The lowest BCUT2D eigenvalue weighted by atomic mass is 9.55. The van der Waals surface area contributed by atoms with Gasteiger partial charge < -0.3 is 9.73 Å². The Morgan fingerprint density at radius 1 is 1.00 bits per heavy atom. The van der Waals surface area contributed by atoms with Crippen LogP contribution in [0.2, 0.25) is 0 Å². The first-order chi connectivity index (χ1) is 11.3. The summed E-state index contributed by atoms with van der Waals surface area (Å²) in [5.41, 5.74) is 2.10. The second kappa shape index (κ2) is 6.16. The van der Waals surface area contributed by atoms with Crippen molar-refractivity contribution in [2.24, 2.45) is 5.41 Å². The molecule has 1 heterocycles. The normalized spacial score (nSPS) is 30.3. The van der Waals surface area contributed by atoms with E-state index in [2.05, 4.69) is 47.8 Å². The second-order valence-corrected chi connectivity index (χ2v) is 7.53. The van der Waals surface area contributed by atoms with E-state index in [0.29, 0.717) is 11.5 Å². The van der Waals surface area contributed by atoms with E-state index in [9.17, 15) is 0 Å². The summed E-state index contributed by atoms with van der Waals surface area (Å²) in [5, 5.41) is 3.77. The zero-order valence-corrected chi connectivity index (χ0v) is 14.1. The first-order valence-corrected chi connectivity index (χ1v) is 9.09. The lowest BCUT2D eigenvalue weighted by Crippen LogP contribution is -2.54. The van der Waals surface area contributed by atoms with Gasteiger partial charge in [0, 0.05) is 6.04 Å². The molecule has 0 amide bonds. The van der Waals surface area contributed by atoms with Gasteiger partial charge in [-0.3, -0.25) is 0 Å². The minimum Gasteiger partial charge on any atom is -0.465 e. The number of aryl methyl sites for hydroxylation is 1. The Morgan fingerprint density at radius 3 is 2.35 bits per heavy atom. The highest BCUT2D eigenvalue weighted by molar-refractivity contribution is 5.21. The zero-order valence-electron chi connectivity index (χ0n) is 14.1. The highest BCUT2D eigenvalue weighted by Gasteiger charge is 2.48. The molecule has 1 unspecified atom stereocenters. The van der Waals surface area contributed by atoms with E-state index in [4.69, 9.17) is 4.42 Å². The maximum Gasteiger partial charge on any atom is 0.117 e. The third kappa shape index (κ3) is 2.97. The number of rotatable bonds is 4. The van der Waals surface area contributed by atoms with Gasteiger partial charge in [-0.15, -0.1) is 0 Å². The van der Waals surface area contributed by atoms with E-state index in [-0.39, 0.29) is 0 Å². The van der Waals surface area contributed by atoms with Crippen LogP contribution >= 0.6 is 0 Å². The van der Waals surface area contributed by atoms with Crippen molar-refractivity contribution in [1.29, 1.82) is 0 Å². The summed E-state index contributed by atoms with van der Waals surface area (Å²) in [4.78, 5) is 0. The summed E-state index contributed by atoms with van der Waals surface area (Å²) in [6.07, 6.45) is 8.19. The molecule has 2 nitrogen and oxygen atoms in total. The predicted molar refractivity (Wildman–Crippen MR) is 93.4 cm³/mol. The van der Waals surface area contributed by atoms with E-state index in [0.717, 1.165) is 24.0 Å². The zero-order chi connectivity index (χ0) is 15.7. The van der Waals surface area contributed by atoms with Gasteiger partial charge in [0.25, 0.3) is 0 Å². The van der Waals surface area contributed by atoms with Gasteiger partial charge in [-0.05, 0) is 74.5 Å². The van der Waals surface area contributed by atoms with Gasteiger partial charge in [-0.2, -0.15) is 0 Å². The van der Waals surface area contributed by atoms with Gasteiger partial charge in [0.05, 0.1) is 6.54 Å². The number of hydrogen-bond acceptors (Lipinski definition) is 2. The summed E-state index contributed by atoms with van der Waals surface area (Å²) in [5.74, 6) is 2.85. The molecular weight excluding hydrogens is 282 g/mol. The average Bonchev–Trinajstić information content (AvgIpc) is 3.00. The maximum absolute atomic E-state index is 5.69. The Labute approximate surface area is 139 Å². The number of furan rings is 1. The van der Waals surface area contributed by atoms with E-state index in [1.807, 2.05) is 6.92 Å². The summed E-state index contributed by atoms with van der Waals surface area (Å²) in [6, 6.07) is 15.9. The van der Waals surface area contributed by atoms with E-state index in [1.54, 1.807) is 0 Å². The van der Waals surface area contributed by atoms with Crippen molar-refractivity contribution in [3.63, 3.8) is 0 Å². The molecule has 1 N–H and O–H groups in total. The molecule has 1 aromatic heterocycles. The molecule has 2 heteroatoms. The maximum atomic E-state index is 5.69. The number of benzene rings is 1. The topological polar surface area (TPSA) is 25.2 Å². The van der Waals surface area contributed by atoms with Crippen LogP contribution in [0.3, 0.4) is 0 Å². The summed E-state index contributed by atoms with van der Waals surface area (Å²) in [6.45, 7) is 2.89. The Bertz CT molecular complexity index is 637. The van der Waals surface area contributed by atoms with Crippen LogP contribution in [0.5, 0.6) is 0 Å². The molecule has 1 atom stereocenters. The van der Waals surface area contributed by atoms with E-state index in [1.165, 1.54) is 44.1 Å². The van der Waals surface area contributed by atoms with Crippen LogP contribution in [0.25, 0.3) is 0 Å². The summed E-state index contributed by atoms with van der Waals surface area (Å²) >= 11 is 0. The average molecular weight is 309 g/mol. The van der Waals surface area contributed by atoms with Crippen LogP contribution in [-0.4, -0.2) is 6.04 Å². The SMILES string of the molecule is Cc1ccc(CNC2CCC23CCC(c2ccccc2)CC3)o1. The van der Waals surface area contributed by atoms with Crippen LogP contribution in [0.4, 0.5) is 0 Å². The van der Waals surface area contributed by atoms with Crippen LogP contribution in [0, 0.1) is 12.3 Å². The van der Waals surface area contributed by atoms with Gasteiger partial charge >= 0.3 is 0 Å². The second-order valence-electron chi connectivity index (χ2n) is 7.53. The van der Waals surface area contributed by atoms with Crippen molar-refractivity contribution in [3.05, 3.63) is 59.5 Å². The fourth-order valence-electron chi connectivity index (χ4n) is 4.67. The third-order valence-electron chi connectivity index (χ3n) is 6.24. The Morgan fingerprint density at radius 2 is 1.74 bits per heavy atom. The Balaban J connectivity index is 1.33. The highest BCUT2D eigenvalue weighted by Crippen LogP contribution is 2.54. The number of hydrogen-bond donors (Lipinski definition) is 1. The van der Waals surface area contributed by atoms with Crippen LogP contribution < -0.4 is 5.32 Å². The lowest BCUT2D eigenvalue weighted by Gasteiger charge is -2.54. The first kappa shape index (κ1) is 15.0. The molecule has 0 aliphatic heterocycles. The van der Waals surface area contributed by atoms with Gasteiger partial charge in [0.15, 0.2) is 0 Å². The van der Waals surface area contributed by atoms with Crippen molar-refractivity contribution in [2.45, 2.75) is 64.0 Å². The number of nitrogens with one attached hydrogen (secondary N) is 1. The molecule has 2 aliphatic carbocycles. The van der Waals surface area contributed by atoms with Gasteiger partial charge in [-0.1, -0.05) is 30.3 Å². The van der Waals surface area contributed by atoms with Crippen molar-refractivity contribution in [2.75, 3.05) is 0 Å². The molecule has 1 spiro atoms. The monoisotopic (exact) mass is 309 g/mol. The largest absolute Gasteiger partial charge is 0.465 e. The molecule has 2 aromatic rings. The molecule has 23 heavy (non-hydrogen) atoms. The molecule has 2 saturated carbocycles. The molecule has 1 aromatic carbocycles. The summed E-state index contributed by atoms with van der Waals surface area (Å²) < 4.78 is 5.69. The Kier molecular flexibility index (Phi) is 4.02. The smallest absolute Gasteiger partial charge is 0.117 e. The Hall–Kier alpha value is -1.54. The minimum atomic E-state index is 0.562. The van der Waals surface area contributed by atoms with Crippen molar-refractivity contribution < 1.29 is 4.42 Å². The van der Waals surface area contributed by atoms with Crippen LogP contribution in [0.1, 0.15) is 61.5 Å². The quantitative estimate of drug-likeness (QED) is 0.841. The standard InChI is InChI=1S/C21H27NO/c1-16-7-8-19(23-16)15-22-20-11-14-21(20)12-9-18(10-13-21)17-5-3-2-4-6-17/h2-8,18,20,22H,9-15H2,1H3. The molecule has 2 aliphatic rings. The summed E-state index contributed by atoms with van der Waals surface area (Å²) in [7, 11) is 0. The van der Waals surface area contributed by atoms with Gasteiger partial charge in [0.2, 0.25) is 0 Å². The predicted octanol–water partition coefficient (Wildman–Crippen LogP) is 5.18. The lowest BCUT2D eigenvalue weighted by molar-refractivity contribution is 0.0155. The van der Waals surface area contributed by atoms with Crippen LogP contribution in [0.15, 0.2) is 46.9 Å². The third-order valence-corrected chi connectivity index (χ3v) is 6.24. The molecular formula is C21H27NO. The minimum absolute atomic E-state index is 0.562. The highest BCUT2D eigenvalue weighted by atomic mass is 16.3. The fourth-order valence-corrected chi connectivity index (χ4v) is 4.67. The van der Waals surface area contributed by atoms with Crippen molar-refractivity contribution in [3.8, 4) is 0 Å². The fraction of sp³-hybridized carbons (Fsp3) is 0.524. The van der Waals surface area contributed by atoms with Crippen molar-refractivity contribution >= 4 is 0 Å². The molecule has 0 radical (unpaired) electrons. The van der Waals surface area contributed by atoms with E-state index >= 15 is 0 Å². The molecule has 122 valence electrons. The molecule has 4 rings (SSSR count). The molecule has 0 saturated heterocycles. The van der Waals surface area contributed by atoms with Gasteiger partial charge in [0.1, 0.15) is 11.5 Å². The van der Waals surface area contributed by atoms with Crippen molar-refractivity contribution in [1.82, 2.24) is 5.32 Å². The first-order valence-electron chi connectivity index (χ1n) is 9.09.